The number of benzene rings is 1. The van der Waals surface area contributed by atoms with Gasteiger partial charge in [0, 0.05) is 12.1 Å². The van der Waals surface area contributed by atoms with Crippen molar-refractivity contribution in [2.75, 3.05) is 27.2 Å². The van der Waals surface area contributed by atoms with Gasteiger partial charge in [0.25, 0.3) is 0 Å². The van der Waals surface area contributed by atoms with E-state index in [9.17, 15) is 0 Å². The van der Waals surface area contributed by atoms with Gasteiger partial charge >= 0.3 is 0 Å². The Morgan fingerprint density at radius 3 is 2.58 bits per heavy atom. The smallest absolute Gasteiger partial charge is 0.122 e. The summed E-state index contributed by atoms with van der Waals surface area (Å²) in [5.41, 5.74) is 2.79. The molecule has 0 aromatic heterocycles. The van der Waals surface area contributed by atoms with Crippen molar-refractivity contribution in [3.05, 3.63) is 29.3 Å². The molecule has 0 aliphatic rings. The number of nitrogens with one attached hydrogen (secondary N) is 2. The van der Waals surface area contributed by atoms with Crippen LogP contribution in [0, 0.1) is 0 Å². The minimum atomic E-state index is 0.134. The lowest BCUT2D eigenvalue weighted by Gasteiger charge is -2.24. The predicted molar refractivity (Wildman–Crippen MR) is 82.1 cm³/mol. The highest BCUT2D eigenvalue weighted by molar-refractivity contribution is 5.37. The number of ether oxygens (including phenoxy) is 1. The van der Waals surface area contributed by atoms with E-state index >= 15 is 0 Å². The largest absolute Gasteiger partial charge is 0.496 e. The summed E-state index contributed by atoms with van der Waals surface area (Å²) < 4.78 is 5.42. The minimum Gasteiger partial charge on any atom is -0.496 e. The maximum absolute atomic E-state index is 5.42. The first kappa shape index (κ1) is 16.0. The maximum Gasteiger partial charge on any atom is 0.122 e. The highest BCUT2D eigenvalue weighted by Crippen LogP contribution is 2.20. The van der Waals surface area contributed by atoms with Crippen LogP contribution in [0.3, 0.4) is 0 Å². The Morgan fingerprint density at radius 1 is 1.26 bits per heavy atom. The predicted octanol–water partition coefficient (Wildman–Crippen LogP) is 2.39. The van der Waals surface area contributed by atoms with Crippen LogP contribution >= 0.6 is 0 Å². The van der Waals surface area contributed by atoms with E-state index in [0.717, 1.165) is 31.7 Å². The third-order valence-corrected chi connectivity index (χ3v) is 3.57. The highest BCUT2D eigenvalue weighted by atomic mass is 16.5. The second kappa shape index (κ2) is 7.51. The second-order valence-electron chi connectivity index (χ2n) is 5.56. The Labute approximate surface area is 117 Å². The van der Waals surface area contributed by atoms with Crippen LogP contribution in [0.2, 0.25) is 0 Å². The molecule has 3 nitrogen and oxygen atoms in total. The van der Waals surface area contributed by atoms with Crippen LogP contribution in [0.25, 0.3) is 0 Å². The molecule has 1 aromatic carbocycles. The second-order valence-corrected chi connectivity index (χ2v) is 5.56. The molecule has 0 heterocycles. The van der Waals surface area contributed by atoms with Gasteiger partial charge in [0.2, 0.25) is 0 Å². The minimum absolute atomic E-state index is 0.134. The summed E-state index contributed by atoms with van der Waals surface area (Å²) in [5, 5.41) is 6.79. The molecule has 0 aliphatic heterocycles. The molecule has 1 rings (SSSR count). The zero-order valence-electron chi connectivity index (χ0n) is 13.0. The Hall–Kier alpha value is -1.06. The fourth-order valence-corrected chi connectivity index (χ4v) is 1.96. The van der Waals surface area contributed by atoms with Crippen molar-refractivity contribution in [3.63, 3.8) is 0 Å². The zero-order chi connectivity index (χ0) is 14.3. The Morgan fingerprint density at radius 2 is 2.00 bits per heavy atom. The SMILES string of the molecule is CCc1ccc(OC)c(CCNCC(C)(C)NC)c1. The first-order valence-corrected chi connectivity index (χ1v) is 7.08. The molecule has 2 N–H and O–H groups in total. The molecule has 0 fully saturated rings. The first-order chi connectivity index (χ1) is 9.02. The molecule has 0 aliphatic carbocycles. The lowest BCUT2D eigenvalue weighted by atomic mass is 10.0. The van der Waals surface area contributed by atoms with E-state index in [4.69, 9.17) is 4.74 Å². The van der Waals surface area contributed by atoms with E-state index in [-0.39, 0.29) is 5.54 Å². The van der Waals surface area contributed by atoms with E-state index in [2.05, 4.69) is 49.6 Å². The molecule has 0 saturated heterocycles. The third kappa shape index (κ3) is 5.21. The van der Waals surface area contributed by atoms with Crippen LogP contribution in [0.4, 0.5) is 0 Å². The van der Waals surface area contributed by atoms with Gasteiger partial charge in [-0.05, 0) is 57.5 Å². The number of likely N-dealkylation sites (N-methyl/N-ethyl adjacent to an activating group) is 1. The average Bonchev–Trinajstić information content (AvgIpc) is 2.43. The summed E-state index contributed by atoms with van der Waals surface area (Å²) in [4.78, 5) is 0. The molecular weight excluding hydrogens is 236 g/mol. The van der Waals surface area contributed by atoms with E-state index < -0.39 is 0 Å². The van der Waals surface area contributed by atoms with Crippen molar-refractivity contribution in [2.24, 2.45) is 0 Å². The number of aryl methyl sites for hydroxylation is 1. The van der Waals surface area contributed by atoms with Crippen molar-refractivity contribution < 1.29 is 4.74 Å². The Bertz CT molecular complexity index is 388. The van der Waals surface area contributed by atoms with Crippen molar-refractivity contribution in [1.82, 2.24) is 10.6 Å². The van der Waals surface area contributed by atoms with E-state index in [1.165, 1.54) is 11.1 Å². The average molecular weight is 264 g/mol. The monoisotopic (exact) mass is 264 g/mol. The van der Waals surface area contributed by atoms with Gasteiger partial charge in [0.1, 0.15) is 5.75 Å². The molecule has 3 heteroatoms. The first-order valence-electron chi connectivity index (χ1n) is 7.08. The lowest BCUT2D eigenvalue weighted by molar-refractivity contribution is 0.391. The summed E-state index contributed by atoms with van der Waals surface area (Å²) in [6.07, 6.45) is 2.06. The number of methoxy groups -OCH3 is 1. The topological polar surface area (TPSA) is 33.3 Å². The van der Waals surface area contributed by atoms with Crippen LogP contribution < -0.4 is 15.4 Å². The Balaban J connectivity index is 2.52. The van der Waals surface area contributed by atoms with Gasteiger partial charge in [-0.3, -0.25) is 0 Å². The summed E-state index contributed by atoms with van der Waals surface area (Å²) in [7, 11) is 3.73. The van der Waals surface area contributed by atoms with Crippen LogP contribution in [-0.4, -0.2) is 32.8 Å². The molecule has 0 unspecified atom stereocenters. The van der Waals surface area contributed by atoms with Gasteiger partial charge < -0.3 is 15.4 Å². The molecule has 108 valence electrons. The summed E-state index contributed by atoms with van der Waals surface area (Å²) in [6.45, 7) is 8.49. The fraction of sp³-hybridized carbons (Fsp3) is 0.625. The van der Waals surface area contributed by atoms with Crippen LogP contribution in [0.5, 0.6) is 5.75 Å². The molecule has 19 heavy (non-hydrogen) atoms. The highest BCUT2D eigenvalue weighted by Gasteiger charge is 2.13. The lowest BCUT2D eigenvalue weighted by Crippen LogP contribution is -2.46. The molecular formula is C16H28N2O. The maximum atomic E-state index is 5.42. The zero-order valence-corrected chi connectivity index (χ0v) is 13.0. The number of hydrogen-bond acceptors (Lipinski definition) is 3. The van der Waals surface area contributed by atoms with E-state index in [1.807, 2.05) is 7.05 Å². The quantitative estimate of drug-likeness (QED) is 0.707. The summed E-state index contributed by atoms with van der Waals surface area (Å²) in [6, 6.07) is 6.47. The fourth-order valence-electron chi connectivity index (χ4n) is 1.96. The normalized spacial score (nSPS) is 11.6. The molecule has 1 aromatic rings. The molecule has 0 saturated carbocycles. The molecule has 0 atom stereocenters. The van der Waals surface area contributed by atoms with Gasteiger partial charge in [-0.15, -0.1) is 0 Å². The van der Waals surface area contributed by atoms with Gasteiger partial charge in [0.05, 0.1) is 7.11 Å². The van der Waals surface area contributed by atoms with Gasteiger partial charge in [-0.1, -0.05) is 19.1 Å². The van der Waals surface area contributed by atoms with Crippen molar-refractivity contribution in [2.45, 2.75) is 39.2 Å². The summed E-state index contributed by atoms with van der Waals surface area (Å²) in [5.74, 6) is 0.992. The van der Waals surface area contributed by atoms with Gasteiger partial charge in [-0.25, -0.2) is 0 Å². The molecule has 0 amide bonds. The Kier molecular flexibility index (Phi) is 6.32. The van der Waals surface area contributed by atoms with Crippen LogP contribution in [0.1, 0.15) is 31.9 Å². The number of rotatable bonds is 8. The number of hydrogen-bond donors (Lipinski definition) is 2. The van der Waals surface area contributed by atoms with Crippen LogP contribution in [0.15, 0.2) is 18.2 Å². The molecule has 0 radical (unpaired) electrons. The molecule has 0 spiro atoms. The van der Waals surface area contributed by atoms with E-state index in [1.54, 1.807) is 7.11 Å². The van der Waals surface area contributed by atoms with E-state index in [0.29, 0.717) is 0 Å². The summed E-state index contributed by atoms with van der Waals surface area (Å²) >= 11 is 0. The van der Waals surface area contributed by atoms with Crippen molar-refractivity contribution in [3.8, 4) is 5.75 Å². The van der Waals surface area contributed by atoms with Gasteiger partial charge in [0.15, 0.2) is 0 Å². The standard InChI is InChI=1S/C16H28N2O/c1-6-13-7-8-15(19-5)14(11-13)9-10-18-12-16(2,3)17-4/h7-8,11,17-18H,6,9-10,12H2,1-5H3. The van der Waals surface area contributed by atoms with Crippen molar-refractivity contribution >= 4 is 0 Å². The molecule has 0 bridgehead atoms. The van der Waals surface area contributed by atoms with Crippen LogP contribution in [-0.2, 0) is 12.8 Å². The van der Waals surface area contributed by atoms with Gasteiger partial charge in [-0.2, -0.15) is 0 Å². The third-order valence-electron chi connectivity index (χ3n) is 3.57. The van der Waals surface area contributed by atoms with Crippen molar-refractivity contribution in [1.29, 1.82) is 0 Å².